The third kappa shape index (κ3) is 3.30. The number of hydrogen-bond donors (Lipinski definition) is 2. The summed E-state index contributed by atoms with van der Waals surface area (Å²) < 4.78 is 1.34. The monoisotopic (exact) mass is 514 g/mol. The predicted octanol–water partition coefficient (Wildman–Crippen LogP) is 1.48. The van der Waals surface area contributed by atoms with Crippen molar-refractivity contribution in [1.29, 1.82) is 0 Å². The SMILES string of the molecule is CCC1C(=O)NC(=O)CN1C(=O)c1cc(I)cc(I)c1O. The van der Waals surface area contributed by atoms with Crippen LogP contribution in [0.5, 0.6) is 5.75 Å². The first kappa shape index (κ1) is 16.5. The van der Waals surface area contributed by atoms with Crippen molar-refractivity contribution in [2.45, 2.75) is 19.4 Å². The molecule has 1 aliphatic heterocycles. The van der Waals surface area contributed by atoms with Gasteiger partial charge in [0.05, 0.1) is 9.13 Å². The first-order chi connectivity index (χ1) is 9.85. The van der Waals surface area contributed by atoms with Crippen molar-refractivity contribution in [1.82, 2.24) is 10.2 Å². The third-order valence-corrected chi connectivity index (χ3v) is 4.61. The fourth-order valence-corrected chi connectivity index (χ4v) is 4.01. The van der Waals surface area contributed by atoms with Crippen molar-refractivity contribution in [3.63, 3.8) is 0 Å². The topological polar surface area (TPSA) is 86.7 Å². The summed E-state index contributed by atoms with van der Waals surface area (Å²) in [6.45, 7) is 1.57. The first-order valence-corrected chi connectivity index (χ1v) is 8.33. The fourth-order valence-electron chi connectivity index (χ4n) is 2.17. The maximum absolute atomic E-state index is 12.6. The molecule has 1 fully saturated rings. The summed E-state index contributed by atoms with van der Waals surface area (Å²) in [4.78, 5) is 37.1. The van der Waals surface area contributed by atoms with E-state index in [4.69, 9.17) is 0 Å². The van der Waals surface area contributed by atoms with Crippen LogP contribution in [-0.2, 0) is 9.59 Å². The largest absolute Gasteiger partial charge is 0.506 e. The number of nitrogens with zero attached hydrogens (tertiary/aromatic N) is 1. The molecule has 2 rings (SSSR count). The number of carbonyl (C=O) groups excluding carboxylic acids is 3. The van der Waals surface area contributed by atoms with Gasteiger partial charge in [-0.25, -0.2) is 0 Å². The Balaban J connectivity index is 2.42. The Bertz CT molecular complexity index is 633. The maximum atomic E-state index is 12.6. The molecule has 6 nitrogen and oxygen atoms in total. The van der Waals surface area contributed by atoms with Crippen molar-refractivity contribution >= 4 is 62.9 Å². The Labute approximate surface area is 148 Å². The molecular formula is C13H12I2N2O4. The molecule has 3 amide bonds. The number of piperazine rings is 1. The molecule has 8 heteroatoms. The highest BCUT2D eigenvalue weighted by molar-refractivity contribution is 14.1. The zero-order valence-corrected chi connectivity index (χ0v) is 15.3. The predicted molar refractivity (Wildman–Crippen MR) is 91.8 cm³/mol. The van der Waals surface area contributed by atoms with E-state index in [2.05, 4.69) is 5.32 Å². The van der Waals surface area contributed by atoms with E-state index in [-0.39, 0.29) is 17.9 Å². The number of carbonyl (C=O) groups is 3. The van der Waals surface area contributed by atoms with Gasteiger partial charge in [-0.2, -0.15) is 0 Å². The zero-order valence-electron chi connectivity index (χ0n) is 11.0. The minimum Gasteiger partial charge on any atom is -0.506 e. The number of nitrogens with one attached hydrogen (secondary N) is 1. The van der Waals surface area contributed by atoms with Crippen LogP contribution in [0.15, 0.2) is 12.1 Å². The lowest BCUT2D eigenvalue weighted by Gasteiger charge is -2.33. The van der Waals surface area contributed by atoms with E-state index in [1.807, 2.05) is 45.2 Å². The lowest BCUT2D eigenvalue weighted by Crippen LogP contribution is -2.59. The molecule has 1 saturated heterocycles. The van der Waals surface area contributed by atoms with Crippen molar-refractivity contribution < 1.29 is 19.5 Å². The number of phenols is 1. The number of hydrogen-bond acceptors (Lipinski definition) is 4. The van der Waals surface area contributed by atoms with Gasteiger partial charge >= 0.3 is 0 Å². The van der Waals surface area contributed by atoms with Gasteiger partial charge in [-0.3, -0.25) is 19.7 Å². The van der Waals surface area contributed by atoms with E-state index in [1.54, 1.807) is 19.1 Å². The van der Waals surface area contributed by atoms with Gasteiger partial charge in [0.2, 0.25) is 11.8 Å². The third-order valence-electron chi connectivity index (χ3n) is 3.16. The van der Waals surface area contributed by atoms with Crippen molar-refractivity contribution in [3.8, 4) is 5.75 Å². The molecule has 0 saturated carbocycles. The van der Waals surface area contributed by atoms with Crippen LogP contribution in [0.2, 0.25) is 0 Å². The van der Waals surface area contributed by atoms with E-state index in [1.165, 1.54) is 4.90 Å². The Morgan fingerprint density at radius 2 is 2.10 bits per heavy atom. The Morgan fingerprint density at radius 1 is 1.43 bits per heavy atom. The summed E-state index contributed by atoms with van der Waals surface area (Å²) in [6, 6.07) is 2.58. The number of amides is 3. The number of rotatable bonds is 2. The summed E-state index contributed by atoms with van der Waals surface area (Å²) in [6.07, 6.45) is 0.395. The molecule has 1 aromatic rings. The van der Waals surface area contributed by atoms with E-state index in [0.29, 0.717) is 9.99 Å². The van der Waals surface area contributed by atoms with E-state index in [0.717, 1.165) is 3.57 Å². The molecule has 0 aliphatic carbocycles. The minimum absolute atomic E-state index is 0.104. The quantitative estimate of drug-likeness (QED) is 0.463. The second kappa shape index (κ2) is 6.46. The summed E-state index contributed by atoms with van der Waals surface area (Å²) in [5.41, 5.74) is 0.104. The molecule has 0 radical (unpaired) electrons. The van der Waals surface area contributed by atoms with Crippen LogP contribution in [-0.4, -0.2) is 40.3 Å². The molecule has 0 bridgehead atoms. The second-order valence-corrected chi connectivity index (χ2v) is 6.96. The number of phenolic OH excluding ortho intramolecular Hbond substituents is 1. The number of benzene rings is 1. The average Bonchev–Trinajstić information content (AvgIpc) is 2.41. The lowest BCUT2D eigenvalue weighted by molar-refractivity contribution is -0.138. The van der Waals surface area contributed by atoms with Gasteiger partial charge in [-0.05, 0) is 63.7 Å². The smallest absolute Gasteiger partial charge is 0.258 e. The number of halogens is 2. The van der Waals surface area contributed by atoms with E-state index >= 15 is 0 Å². The van der Waals surface area contributed by atoms with Crippen LogP contribution >= 0.6 is 45.2 Å². The van der Waals surface area contributed by atoms with Gasteiger partial charge in [-0.15, -0.1) is 0 Å². The highest BCUT2D eigenvalue weighted by atomic mass is 127. The summed E-state index contributed by atoms with van der Waals surface area (Å²) in [7, 11) is 0. The van der Waals surface area contributed by atoms with Crippen LogP contribution in [0.4, 0.5) is 0 Å². The van der Waals surface area contributed by atoms with Gasteiger partial charge in [0, 0.05) is 3.57 Å². The van der Waals surface area contributed by atoms with Gasteiger partial charge in [0.25, 0.3) is 5.91 Å². The molecular weight excluding hydrogens is 502 g/mol. The molecule has 1 aliphatic rings. The molecule has 0 aromatic heterocycles. The lowest BCUT2D eigenvalue weighted by atomic mass is 10.1. The van der Waals surface area contributed by atoms with Gasteiger partial charge in [0.1, 0.15) is 18.3 Å². The molecule has 21 heavy (non-hydrogen) atoms. The minimum atomic E-state index is -0.704. The molecule has 0 spiro atoms. The van der Waals surface area contributed by atoms with Crippen molar-refractivity contribution in [3.05, 3.63) is 24.8 Å². The van der Waals surface area contributed by atoms with Gasteiger partial charge < -0.3 is 10.0 Å². The van der Waals surface area contributed by atoms with Crippen LogP contribution in [0.25, 0.3) is 0 Å². The summed E-state index contributed by atoms with van der Waals surface area (Å²) in [5, 5.41) is 12.3. The Hall–Kier alpha value is -0.910. The first-order valence-electron chi connectivity index (χ1n) is 6.17. The number of aromatic hydroxyl groups is 1. The Morgan fingerprint density at radius 3 is 2.71 bits per heavy atom. The molecule has 1 atom stereocenters. The van der Waals surface area contributed by atoms with Gasteiger partial charge in [-0.1, -0.05) is 6.92 Å². The molecule has 1 aromatic carbocycles. The van der Waals surface area contributed by atoms with E-state index in [9.17, 15) is 19.5 Å². The van der Waals surface area contributed by atoms with Crippen LogP contribution in [0.3, 0.4) is 0 Å². The van der Waals surface area contributed by atoms with Crippen molar-refractivity contribution in [2.24, 2.45) is 0 Å². The Kier molecular flexibility index (Phi) is 5.07. The highest BCUT2D eigenvalue weighted by Crippen LogP contribution is 2.29. The summed E-state index contributed by atoms with van der Waals surface area (Å²) in [5.74, 6) is -1.65. The van der Waals surface area contributed by atoms with Crippen LogP contribution in [0.1, 0.15) is 23.7 Å². The molecule has 1 heterocycles. The van der Waals surface area contributed by atoms with Gasteiger partial charge in [0.15, 0.2) is 0 Å². The average molecular weight is 514 g/mol. The fraction of sp³-hybridized carbons (Fsp3) is 0.308. The number of imide groups is 1. The molecule has 1 unspecified atom stereocenters. The zero-order chi connectivity index (χ0) is 15.7. The highest BCUT2D eigenvalue weighted by Gasteiger charge is 2.36. The van der Waals surface area contributed by atoms with Crippen molar-refractivity contribution in [2.75, 3.05) is 6.54 Å². The normalized spacial score (nSPS) is 18.6. The van der Waals surface area contributed by atoms with Crippen LogP contribution < -0.4 is 5.32 Å². The maximum Gasteiger partial charge on any atom is 0.258 e. The second-order valence-electron chi connectivity index (χ2n) is 4.55. The molecule has 112 valence electrons. The standard InChI is InChI=1S/C13H12I2N2O4/c1-2-9-12(20)16-10(18)5-17(9)13(21)7-3-6(14)4-8(15)11(7)19/h3-4,9,19H,2,5H2,1H3,(H,16,18,20). The summed E-state index contributed by atoms with van der Waals surface area (Å²) >= 11 is 3.97. The van der Waals surface area contributed by atoms with E-state index < -0.39 is 23.8 Å². The van der Waals surface area contributed by atoms with Crippen LogP contribution in [0, 0.1) is 7.14 Å². The molecule has 2 N–H and O–H groups in total.